The molecule has 0 saturated heterocycles. The molecule has 0 amide bonds. The molecule has 0 aromatic heterocycles. The van der Waals surface area contributed by atoms with Crippen LogP contribution in [-0.4, -0.2) is 11.6 Å². The zero-order valence-corrected chi connectivity index (χ0v) is 13.7. The average molecular weight is 335 g/mol. The molecule has 0 aliphatic heterocycles. The van der Waals surface area contributed by atoms with Crippen LogP contribution in [0, 0.1) is 11.8 Å². The Morgan fingerprint density at radius 2 is 1.95 bits per heavy atom. The quantitative estimate of drug-likeness (QED) is 0.353. The lowest BCUT2D eigenvalue weighted by molar-refractivity contribution is -0.148. The van der Waals surface area contributed by atoms with Crippen LogP contribution in [0.1, 0.15) is 39.2 Å². The minimum absolute atomic E-state index is 0.339. The van der Waals surface area contributed by atoms with Crippen LogP contribution in [-0.2, 0) is 9.53 Å². The van der Waals surface area contributed by atoms with E-state index in [1.54, 1.807) is 6.08 Å². The van der Waals surface area contributed by atoms with Gasteiger partial charge in [-0.05, 0) is 55.3 Å². The Kier molecular flexibility index (Phi) is 6.54. The first-order chi connectivity index (χ1) is 9.38. The minimum atomic E-state index is -0.475. The highest BCUT2D eigenvalue weighted by molar-refractivity contribution is 9.12. The standard InChI is InChI=1S/C17H19BrO2/c1-17(2,3)20-16(19)15(18)13-9-5-8-12-14-10-6-4-7-11-14/h4,6-7,10-11,13H,5,9H2,1-3H3/b15-13+. The number of carbonyl (C=O) groups is 1. The van der Waals surface area contributed by atoms with E-state index in [0.29, 0.717) is 17.3 Å². The molecule has 20 heavy (non-hydrogen) atoms. The normalized spacial score (nSPS) is 11.5. The van der Waals surface area contributed by atoms with E-state index in [4.69, 9.17) is 4.74 Å². The molecule has 0 spiro atoms. The summed E-state index contributed by atoms with van der Waals surface area (Å²) in [6, 6.07) is 9.83. The lowest BCUT2D eigenvalue weighted by atomic mass is 10.2. The van der Waals surface area contributed by atoms with E-state index in [1.165, 1.54) is 0 Å². The summed E-state index contributed by atoms with van der Waals surface area (Å²) >= 11 is 3.23. The number of hydrogen-bond acceptors (Lipinski definition) is 2. The molecule has 3 heteroatoms. The monoisotopic (exact) mass is 334 g/mol. The molecule has 1 aromatic rings. The summed E-state index contributed by atoms with van der Waals surface area (Å²) in [6.07, 6.45) is 3.21. The van der Waals surface area contributed by atoms with E-state index in [1.807, 2.05) is 51.1 Å². The Morgan fingerprint density at radius 3 is 2.55 bits per heavy atom. The fourth-order valence-electron chi connectivity index (χ4n) is 1.37. The van der Waals surface area contributed by atoms with E-state index in [2.05, 4.69) is 27.8 Å². The predicted molar refractivity (Wildman–Crippen MR) is 85.4 cm³/mol. The van der Waals surface area contributed by atoms with Gasteiger partial charge in [-0.15, -0.1) is 0 Å². The van der Waals surface area contributed by atoms with Crippen LogP contribution in [0.25, 0.3) is 0 Å². The molecule has 0 N–H and O–H groups in total. The second kappa shape index (κ2) is 7.91. The molecule has 1 aromatic carbocycles. The molecule has 0 aliphatic carbocycles. The highest BCUT2D eigenvalue weighted by atomic mass is 79.9. The number of rotatable bonds is 3. The Labute approximate surface area is 129 Å². The summed E-state index contributed by atoms with van der Waals surface area (Å²) < 4.78 is 5.69. The molecule has 0 unspecified atom stereocenters. The number of carbonyl (C=O) groups excluding carboxylic acids is 1. The minimum Gasteiger partial charge on any atom is -0.456 e. The van der Waals surface area contributed by atoms with Crippen molar-refractivity contribution in [2.45, 2.75) is 39.2 Å². The smallest absolute Gasteiger partial charge is 0.345 e. The number of benzene rings is 1. The van der Waals surface area contributed by atoms with Gasteiger partial charge in [0.2, 0.25) is 0 Å². The van der Waals surface area contributed by atoms with E-state index < -0.39 is 5.60 Å². The second-order valence-electron chi connectivity index (χ2n) is 5.26. The Balaban J connectivity index is 2.41. The molecule has 0 radical (unpaired) electrons. The van der Waals surface area contributed by atoms with Gasteiger partial charge in [0.25, 0.3) is 0 Å². The van der Waals surface area contributed by atoms with Gasteiger partial charge in [0, 0.05) is 12.0 Å². The second-order valence-corrected chi connectivity index (χ2v) is 6.11. The topological polar surface area (TPSA) is 26.3 Å². The summed E-state index contributed by atoms with van der Waals surface area (Å²) in [6.45, 7) is 5.53. The van der Waals surface area contributed by atoms with Crippen molar-refractivity contribution in [1.82, 2.24) is 0 Å². The Morgan fingerprint density at radius 1 is 1.30 bits per heavy atom. The van der Waals surface area contributed by atoms with Gasteiger partial charge in [0.05, 0.1) is 4.48 Å². The first kappa shape index (κ1) is 16.5. The number of esters is 1. The molecule has 106 valence electrons. The molecule has 0 heterocycles. The summed E-state index contributed by atoms with van der Waals surface area (Å²) in [7, 11) is 0. The van der Waals surface area contributed by atoms with Crippen LogP contribution in [0.5, 0.6) is 0 Å². The van der Waals surface area contributed by atoms with Crippen molar-refractivity contribution in [3.05, 3.63) is 46.5 Å². The van der Waals surface area contributed by atoms with Crippen LogP contribution >= 0.6 is 15.9 Å². The summed E-state index contributed by atoms with van der Waals surface area (Å²) in [4.78, 5) is 11.7. The number of ether oxygens (including phenoxy) is 1. The first-order valence-corrected chi connectivity index (χ1v) is 7.31. The molecule has 0 bridgehead atoms. The van der Waals surface area contributed by atoms with Crippen molar-refractivity contribution in [3.8, 4) is 11.8 Å². The van der Waals surface area contributed by atoms with Crippen molar-refractivity contribution in [2.75, 3.05) is 0 Å². The molecule has 0 saturated carbocycles. The largest absolute Gasteiger partial charge is 0.456 e. The zero-order chi connectivity index (χ0) is 15.0. The third kappa shape index (κ3) is 7.16. The van der Waals surface area contributed by atoms with Gasteiger partial charge in [-0.3, -0.25) is 0 Å². The number of hydrogen-bond donors (Lipinski definition) is 0. The van der Waals surface area contributed by atoms with Gasteiger partial charge in [-0.1, -0.05) is 36.1 Å². The molecule has 0 fully saturated rings. The maximum Gasteiger partial charge on any atom is 0.345 e. The van der Waals surface area contributed by atoms with Crippen LogP contribution in [0.2, 0.25) is 0 Å². The number of allylic oxidation sites excluding steroid dienone is 1. The van der Waals surface area contributed by atoms with Crippen molar-refractivity contribution in [2.24, 2.45) is 0 Å². The lowest BCUT2D eigenvalue weighted by Gasteiger charge is -2.19. The fourth-order valence-corrected chi connectivity index (χ4v) is 1.68. The predicted octanol–water partition coefficient (Wildman–Crippen LogP) is 4.44. The summed E-state index contributed by atoms with van der Waals surface area (Å²) in [5.41, 5.74) is 0.527. The molecular weight excluding hydrogens is 316 g/mol. The average Bonchev–Trinajstić information content (AvgIpc) is 2.37. The third-order valence-electron chi connectivity index (χ3n) is 2.19. The van der Waals surface area contributed by atoms with E-state index >= 15 is 0 Å². The Bertz CT molecular complexity index is 528. The van der Waals surface area contributed by atoms with Crippen molar-refractivity contribution >= 4 is 21.9 Å². The van der Waals surface area contributed by atoms with Crippen LogP contribution in [0.4, 0.5) is 0 Å². The van der Waals surface area contributed by atoms with E-state index in [9.17, 15) is 4.79 Å². The van der Waals surface area contributed by atoms with Gasteiger partial charge in [-0.2, -0.15) is 0 Å². The molecular formula is C17H19BrO2. The highest BCUT2D eigenvalue weighted by Crippen LogP contribution is 2.15. The van der Waals surface area contributed by atoms with Gasteiger partial charge >= 0.3 is 5.97 Å². The summed E-state index contributed by atoms with van der Waals surface area (Å²) in [5, 5.41) is 0. The van der Waals surface area contributed by atoms with Gasteiger partial charge in [0.1, 0.15) is 5.60 Å². The van der Waals surface area contributed by atoms with Crippen molar-refractivity contribution in [1.29, 1.82) is 0 Å². The van der Waals surface area contributed by atoms with Gasteiger partial charge in [-0.25, -0.2) is 4.79 Å². The molecule has 0 atom stereocenters. The molecule has 2 nitrogen and oxygen atoms in total. The number of unbranched alkanes of at least 4 members (excludes halogenated alkanes) is 1. The SMILES string of the molecule is CC(C)(C)OC(=O)/C(Br)=C\CCC#Cc1ccccc1. The molecule has 1 rings (SSSR count). The van der Waals surface area contributed by atoms with E-state index in [-0.39, 0.29) is 5.97 Å². The van der Waals surface area contributed by atoms with Crippen molar-refractivity contribution in [3.63, 3.8) is 0 Å². The lowest BCUT2D eigenvalue weighted by Crippen LogP contribution is -2.23. The Hall–Kier alpha value is -1.53. The van der Waals surface area contributed by atoms with E-state index in [0.717, 1.165) is 5.56 Å². The molecule has 0 aliphatic rings. The van der Waals surface area contributed by atoms with Crippen LogP contribution < -0.4 is 0 Å². The summed E-state index contributed by atoms with van der Waals surface area (Å²) in [5.74, 6) is 5.81. The van der Waals surface area contributed by atoms with Crippen LogP contribution in [0.15, 0.2) is 40.9 Å². The number of halogens is 1. The van der Waals surface area contributed by atoms with Gasteiger partial charge < -0.3 is 4.74 Å². The first-order valence-electron chi connectivity index (χ1n) is 6.51. The van der Waals surface area contributed by atoms with Gasteiger partial charge in [0.15, 0.2) is 0 Å². The maximum atomic E-state index is 11.7. The van der Waals surface area contributed by atoms with Crippen molar-refractivity contribution < 1.29 is 9.53 Å². The fraction of sp³-hybridized carbons (Fsp3) is 0.353. The van der Waals surface area contributed by atoms with Crippen LogP contribution in [0.3, 0.4) is 0 Å². The maximum absolute atomic E-state index is 11.7. The third-order valence-corrected chi connectivity index (χ3v) is 2.84. The highest BCUT2D eigenvalue weighted by Gasteiger charge is 2.17. The zero-order valence-electron chi connectivity index (χ0n) is 12.1.